The summed E-state index contributed by atoms with van der Waals surface area (Å²) in [6.45, 7) is 3.77. The number of carbonyl (C=O) groups is 1. The van der Waals surface area contributed by atoms with Crippen molar-refractivity contribution >= 4 is 29.1 Å². The van der Waals surface area contributed by atoms with Crippen molar-refractivity contribution < 1.29 is 9.21 Å². The molecule has 1 aliphatic rings. The molecule has 0 bridgehead atoms. The molecule has 1 fully saturated rings. The van der Waals surface area contributed by atoms with E-state index in [-0.39, 0.29) is 5.91 Å². The van der Waals surface area contributed by atoms with Crippen molar-refractivity contribution in [2.75, 3.05) is 26.2 Å². The van der Waals surface area contributed by atoms with Crippen molar-refractivity contribution in [2.45, 2.75) is 6.54 Å². The Labute approximate surface area is 139 Å². The second-order valence-corrected chi connectivity index (χ2v) is 6.12. The number of furan rings is 1. The smallest absolute Gasteiger partial charge is 0.255 e. The van der Waals surface area contributed by atoms with Gasteiger partial charge in [-0.1, -0.05) is 23.2 Å². The van der Waals surface area contributed by atoms with Gasteiger partial charge in [0, 0.05) is 31.2 Å². The van der Waals surface area contributed by atoms with E-state index in [9.17, 15) is 4.79 Å². The largest absolute Gasteiger partial charge is 0.468 e. The number of hydrogen-bond donors (Lipinski definition) is 0. The van der Waals surface area contributed by atoms with E-state index in [1.165, 1.54) is 0 Å². The molecule has 4 nitrogen and oxygen atoms in total. The third-order valence-electron chi connectivity index (χ3n) is 3.78. The lowest BCUT2D eigenvalue weighted by molar-refractivity contribution is 0.0620. The number of rotatable bonds is 3. The van der Waals surface area contributed by atoms with Gasteiger partial charge in [0.05, 0.1) is 23.4 Å². The first-order valence-electron chi connectivity index (χ1n) is 7.12. The zero-order valence-electron chi connectivity index (χ0n) is 12.0. The van der Waals surface area contributed by atoms with Gasteiger partial charge >= 0.3 is 0 Å². The van der Waals surface area contributed by atoms with Crippen LogP contribution in [0.1, 0.15) is 16.1 Å². The summed E-state index contributed by atoms with van der Waals surface area (Å²) in [5, 5.41) is 0.931. The topological polar surface area (TPSA) is 36.7 Å². The van der Waals surface area contributed by atoms with Crippen molar-refractivity contribution in [1.29, 1.82) is 0 Å². The third-order valence-corrected chi connectivity index (χ3v) is 4.33. The molecule has 1 saturated heterocycles. The highest BCUT2D eigenvalue weighted by Crippen LogP contribution is 2.23. The van der Waals surface area contributed by atoms with E-state index in [0.29, 0.717) is 28.7 Å². The van der Waals surface area contributed by atoms with Gasteiger partial charge in [-0.3, -0.25) is 9.69 Å². The highest BCUT2D eigenvalue weighted by atomic mass is 35.5. The van der Waals surface area contributed by atoms with E-state index in [4.69, 9.17) is 27.6 Å². The van der Waals surface area contributed by atoms with E-state index in [1.54, 1.807) is 24.5 Å². The third kappa shape index (κ3) is 3.46. The molecule has 22 heavy (non-hydrogen) atoms. The fraction of sp³-hybridized carbons (Fsp3) is 0.312. The van der Waals surface area contributed by atoms with Crippen LogP contribution in [0.4, 0.5) is 0 Å². The van der Waals surface area contributed by atoms with Crippen LogP contribution < -0.4 is 0 Å². The van der Waals surface area contributed by atoms with E-state index in [1.807, 2.05) is 17.0 Å². The summed E-state index contributed by atoms with van der Waals surface area (Å²) in [7, 11) is 0. The minimum Gasteiger partial charge on any atom is -0.468 e. The minimum atomic E-state index is -0.0423. The fourth-order valence-electron chi connectivity index (χ4n) is 2.57. The molecule has 0 aliphatic carbocycles. The SMILES string of the molecule is O=C(c1ccc(Cl)cc1Cl)N1CCN(Cc2ccco2)CC1. The Morgan fingerprint density at radius 1 is 1.14 bits per heavy atom. The van der Waals surface area contributed by atoms with Crippen molar-refractivity contribution in [1.82, 2.24) is 9.80 Å². The Morgan fingerprint density at radius 3 is 2.55 bits per heavy atom. The Hall–Kier alpha value is -1.49. The van der Waals surface area contributed by atoms with Gasteiger partial charge < -0.3 is 9.32 Å². The Bertz CT molecular complexity index is 650. The summed E-state index contributed by atoms with van der Waals surface area (Å²) in [5.41, 5.74) is 0.505. The average molecular weight is 339 g/mol. The molecule has 2 heterocycles. The zero-order chi connectivity index (χ0) is 15.5. The van der Waals surface area contributed by atoms with E-state index < -0.39 is 0 Å². The van der Waals surface area contributed by atoms with Gasteiger partial charge in [0.15, 0.2) is 0 Å². The molecule has 3 rings (SSSR count). The molecule has 0 unspecified atom stereocenters. The van der Waals surface area contributed by atoms with Crippen LogP contribution in [0.5, 0.6) is 0 Å². The molecule has 1 aromatic carbocycles. The van der Waals surface area contributed by atoms with Crippen LogP contribution in [-0.4, -0.2) is 41.9 Å². The molecule has 0 N–H and O–H groups in total. The maximum atomic E-state index is 12.5. The van der Waals surface area contributed by atoms with Gasteiger partial charge in [0.1, 0.15) is 5.76 Å². The predicted octanol–water partition coefficient (Wildman–Crippen LogP) is 3.54. The first-order chi connectivity index (χ1) is 10.6. The molecule has 6 heteroatoms. The van der Waals surface area contributed by atoms with Crippen molar-refractivity contribution in [2.24, 2.45) is 0 Å². The van der Waals surface area contributed by atoms with E-state index in [0.717, 1.165) is 25.4 Å². The van der Waals surface area contributed by atoms with Crippen molar-refractivity contribution in [3.8, 4) is 0 Å². The lowest BCUT2D eigenvalue weighted by atomic mass is 10.1. The summed E-state index contributed by atoms with van der Waals surface area (Å²) in [4.78, 5) is 16.6. The number of amides is 1. The molecule has 1 amide bonds. The van der Waals surface area contributed by atoms with Crippen LogP contribution in [0.3, 0.4) is 0 Å². The molecular formula is C16H16Cl2N2O2. The van der Waals surface area contributed by atoms with Gasteiger partial charge in [-0.2, -0.15) is 0 Å². The molecule has 0 saturated carbocycles. The summed E-state index contributed by atoms with van der Waals surface area (Å²) < 4.78 is 5.35. The quantitative estimate of drug-likeness (QED) is 0.858. The van der Waals surface area contributed by atoms with Crippen LogP contribution in [0.15, 0.2) is 41.0 Å². The Morgan fingerprint density at radius 2 is 1.91 bits per heavy atom. The van der Waals surface area contributed by atoms with Gasteiger partial charge in [-0.15, -0.1) is 0 Å². The highest BCUT2D eigenvalue weighted by Gasteiger charge is 2.24. The summed E-state index contributed by atoms with van der Waals surface area (Å²) in [6.07, 6.45) is 1.68. The van der Waals surface area contributed by atoms with Crippen LogP contribution >= 0.6 is 23.2 Å². The Kier molecular flexibility index (Phi) is 4.71. The number of halogens is 2. The molecule has 0 spiro atoms. The second-order valence-electron chi connectivity index (χ2n) is 5.27. The predicted molar refractivity (Wildman–Crippen MR) is 86.4 cm³/mol. The normalized spacial score (nSPS) is 16.0. The van der Waals surface area contributed by atoms with Gasteiger partial charge in [-0.25, -0.2) is 0 Å². The van der Waals surface area contributed by atoms with Crippen LogP contribution in [0.2, 0.25) is 10.0 Å². The molecule has 0 atom stereocenters. The number of benzene rings is 1. The molecule has 1 aromatic heterocycles. The fourth-order valence-corrected chi connectivity index (χ4v) is 3.05. The number of nitrogens with zero attached hydrogens (tertiary/aromatic N) is 2. The summed E-state index contributed by atoms with van der Waals surface area (Å²) in [5.74, 6) is 0.903. The Balaban J connectivity index is 1.60. The van der Waals surface area contributed by atoms with Crippen LogP contribution in [0, 0.1) is 0 Å². The number of carbonyl (C=O) groups excluding carboxylic acids is 1. The molecule has 1 aliphatic heterocycles. The van der Waals surface area contributed by atoms with Gasteiger partial charge in [0.2, 0.25) is 0 Å². The number of hydrogen-bond acceptors (Lipinski definition) is 3. The summed E-state index contributed by atoms with van der Waals surface area (Å²) in [6, 6.07) is 8.82. The standard InChI is InChI=1S/C16H16Cl2N2O2/c17-12-3-4-14(15(18)10-12)16(21)20-7-5-19(6-8-20)11-13-2-1-9-22-13/h1-4,9-10H,5-8,11H2. The maximum absolute atomic E-state index is 12.5. The molecule has 2 aromatic rings. The maximum Gasteiger partial charge on any atom is 0.255 e. The minimum absolute atomic E-state index is 0.0423. The van der Waals surface area contributed by atoms with Crippen LogP contribution in [0.25, 0.3) is 0 Å². The van der Waals surface area contributed by atoms with Crippen LogP contribution in [-0.2, 0) is 6.54 Å². The monoisotopic (exact) mass is 338 g/mol. The van der Waals surface area contributed by atoms with Gasteiger partial charge in [-0.05, 0) is 30.3 Å². The first-order valence-corrected chi connectivity index (χ1v) is 7.88. The second kappa shape index (κ2) is 6.73. The van der Waals surface area contributed by atoms with Crippen molar-refractivity contribution in [3.05, 3.63) is 58.0 Å². The summed E-state index contributed by atoms with van der Waals surface area (Å²) >= 11 is 12.0. The lowest BCUT2D eigenvalue weighted by Crippen LogP contribution is -2.48. The number of piperazine rings is 1. The highest BCUT2D eigenvalue weighted by molar-refractivity contribution is 6.36. The van der Waals surface area contributed by atoms with Crippen molar-refractivity contribution in [3.63, 3.8) is 0 Å². The van der Waals surface area contributed by atoms with E-state index >= 15 is 0 Å². The lowest BCUT2D eigenvalue weighted by Gasteiger charge is -2.34. The average Bonchev–Trinajstić information content (AvgIpc) is 3.00. The first kappa shape index (κ1) is 15.4. The van der Waals surface area contributed by atoms with E-state index in [2.05, 4.69) is 4.90 Å². The molecular weight excluding hydrogens is 323 g/mol. The molecule has 0 radical (unpaired) electrons. The zero-order valence-corrected chi connectivity index (χ0v) is 13.5. The molecule has 116 valence electrons. The van der Waals surface area contributed by atoms with Gasteiger partial charge in [0.25, 0.3) is 5.91 Å².